The summed E-state index contributed by atoms with van der Waals surface area (Å²) in [7, 11) is 1.73. The van der Waals surface area contributed by atoms with Gasteiger partial charge < -0.3 is 15.4 Å². The first kappa shape index (κ1) is 19.2. The quantitative estimate of drug-likeness (QED) is 0.558. The van der Waals surface area contributed by atoms with Gasteiger partial charge in [0.2, 0.25) is 0 Å². The molecule has 0 fully saturated rings. The molecule has 1 aromatic carbocycles. The van der Waals surface area contributed by atoms with E-state index in [0.29, 0.717) is 18.3 Å². The minimum Gasteiger partial charge on any atom is -0.489 e. The van der Waals surface area contributed by atoms with Crippen LogP contribution < -0.4 is 15.4 Å². The lowest BCUT2D eigenvalue weighted by Gasteiger charge is -2.17. The summed E-state index contributed by atoms with van der Waals surface area (Å²) in [5.41, 5.74) is 1.10. The predicted octanol–water partition coefficient (Wildman–Crippen LogP) is 3.02. The van der Waals surface area contributed by atoms with E-state index in [-0.39, 0.29) is 11.9 Å². The molecule has 0 saturated heterocycles. The van der Waals surface area contributed by atoms with Gasteiger partial charge in [0, 0.05) is 31.5 Å². The maximum absolute atomic E-state index is 13.2. The van der Waals surface area contributed by atoms with E-state index in [0.717, 1.165) is 25.1 Å². The fourth-order valence-electron chi connectivity index (χ4n) is 2.21. The third-order valence-electron chi connectivity index (χ3n) is 3.49. The predicted molar refractivity (Wildman–Crippen MR) is 101 cm³/mol. The van der Waals surface area contributed by atoms with Crippen molar-refractivity contribution in [2.75, 3.05) is 20.1 Å². The molecular weight excluding hydrogens is 339 g/mol. The van der Waals surface area contributed by atoms with Crippen LogP contribution in [0.2, 0.25) is 0 Å². The molecule has 5 nitrogen and oxygen atoms in total. The summed E-state index contributed by atoms with van der Waals surface area (Å²) in [5, 5.41) is 9.74. The second kappa shape index (κ2) is 9.98. The zero-order chi connectivity index (χ0) is 18.1. The van der Waals surface area contributed by atoms with Crippen molar-refractivity contribution in [2.24, 2.45) is 4.99 Å². The molecule has 0 amide bonds. The van der Waals surface area contributed by atoms with Gasteiger partial charge in [-0.3, -0.25) is 4.99 Å². The Kier molecular flexibility index (Phi) is 7.66. The molecule has 0 radical (unpaired) electrons. The van der Waals surface area contributed by atoms with Gasteiger partial charge in [0.15, 0.2) is 5.96 Å². The van der Waals surface area contributed by atoms with Crippen LogP contribution in [-0.2, 0) is 12.8 Å². The largest absolute Gasteiger partial charge is 0.489 e. The Morgan fingerprint density at radius 1 is 1.40 bits per heavy atom. The van der Waals surface area contributed by atoms with E-state index in [1.165, 1.54) is 17.1 Å². The maximum Gasteiger partial charge on any atom is 0.191 e. The summed E-state index contributed by atoms with van der Waals surface area (Å²) in [6.45, 7) is 5.35. The molecule has 0 aliphatic heterocycles. The van der Waals surface area contributed by atoms with Crippen molar-refractivity contribution in [1.82, 2.24) is 15.6 Å². The highest BCUT2D eigenvalue weighted by molar-refractivity contribution is 7.09. The molecule has 0 spiro atoms. The van der Waals surface area contributed by atoms with Gasteiger partial charge in [-0.15, -0.1) is 11.3 Å². The zero-order valence-electron chi connectivity index (χ0n) is 14.9. The van der Waals surface area contributed by atoms with Crippen molar-refractivity contribution in [2.45, 2.75) is 32.8 Å². The van der Waals surface area contributed by atoms with Crippen LogP contribution in [0.1, 0.15) is 24.5 Å². The second-order valence-corrected chi connectivity index (χ2v) is 6.54. The molecular formula is C18H25FN4OS. The normalized spacial score (nSPS) is 12.7. The highest BCUT2D eigenvalue weighted by Gasteiger charge is 2.07. The van der Waals surface area contributed by atoms with E-state index in [1.54, 1.807) is 30.5 Å². The van der Waals surface area contributed by atoms with Crippen LogP contribution in [0, 0.1) is 5.82 Å². The Balaban J connectivity index is 1.70. The summed E-state index contributed by atoms with van der Waals surface area (Å²) in [5.74, 6) is 0.927. The molecule has 136 valence electrons. The van der Waals surface area contributed by atoms with Gasteiger partial charge in [-0.2, -0.15) is 0 Å². The lowest BCUT2D eigenvalue weighted by molar-refractivity contribution is 0.223. The van der Waals surface area contributed by atoms with E-state index >= 15 is 0 Å². The molecule has 25 heavy (non-hydrogen) atoms. The summed E-state index contributed by atoms with van der Waals surface area (Å²) in [6.07, 6.45) is 1.71. The number of aliphatic imine (C=N–C) groups is 1. The molecule has 0 bridgehead atoms. The van der Waals surface area contributed by atoms with Gasteiger partial charge in [-0.05, 0) is 25.5 Å². The summed E-state index contributed by atoms with van der Waals surface area (Å²) >= 11 is 1.70. The molecule has 1 aromatic heterocycles. The van der Waals surface area contributed by atoms with E-state index in [9.17, 15) is 4.39 Å². The maximum atomic E-state index is 13.2. The molecule has 2 N–H and O–H groups in total. The molecule has 1 unspecified atom stereocenters. The molecule has 1 heterocycles. The van der Waals surface area contributed by atoms with Crippen LogP contribution in [-0.4, -0.2) is 37.2 Å². The van der Waals surface area contributed by atoms with Gasteiger partial charge in [0.25, 0.3) is 0 Å². The number of benzene rings is 1. The monoisotopic (exact) mass is 364 g/mol. The summed E-state index contributed by atoms with van der Waals surface area (Å²) in [6, 6.07) is 6.15. The molecule has 2 rings (SSSR count). The average Bonchev–Trinajstić information content (AvgIpc) is 3.06. The first-order valence-electron chi connectivity index (χ1n) is 8.40. The Hall–Kier alpha value is -2.15. The number of thiazole rings is 1. The van der Waals surface area contributed by atoms with E-state index in [1.807, 2.05) is 6.92 Å². The van der Waals surface area contributed by atoms with Gasteiger partial charge in [-0.25, -0.2) is 9.37 Å². The number of aryl methyl sites for hydroxylation is 1. The smallest absolute Gasteiger partial charge is 0.191 e. The van der Waals surface area contributed by atoms with E-state index < -0.39 is 0 Å². The van der Waals surface area contributed by atoms with Crippen molar-refractivity contribution in [3.8, 4) is 5.75 Å². The number of ether oxygens (including phenoxy) is 1. The third kappa shape index (κ3) is 6.70. The van der Waals surface area contributed by atoms with Crippen molar-refractivity contribution in [3.05, 3.63) is 46.2 Å². The van der Waals surface area contributed by atoms with Crippen LogP contribution in [0.3, 0.4) is 0 Å². The van der Waals surface area contributed by atoms with Gasteiger partial charge in [-0.1, -0.05) is 13.0 Å². The number of halogens is 1. The molecule has 0 saturated carbocycles. The number of hydrogen-bond acceptors (Lipinski definition) is 4. The molecule has 0 aliphatic carbocycles. The summed E-state index contributed by atoms with van der Waals surface area (Å²) in [4.78, 5) is 8.74. The number of aromatic nitrogens is 1. The summed E-state index contributed by atoms with van der Waals surface area (Å²) < 4.78 is 18.8. The molecule has 7 heteroatoms. The Morgan fingerprint density at radius 3 is 2.92 bits per heavy atom. The Labute approximate surface area is 152 Å². The van der Waals surface area contributed by atoms with Crippen molar-refractivity contribution < 1.29 is 9.13 Å². The highest BCUT2D eigenvalue weighted by Crippen LogP contribution is 2.13. The van der Waals surface area contributed by atoms with Crippen LogP contribution in [0.4, 0.5) is 4.39 Å². The lowest BCUT2D eigenvalue weighted by Crippen LogP contribution is -2.42. The van der Waals surface area contributed by atoms with Gasteiger partial charge >= 0.3 is 0 Å². The minimum atomic E-state index is -0.302. The van der Waals surface area contributed by atoms with Crippen molar-refractivity contribution >= 4 is 17.3 Å². The number of guanidine groups is 1. The van der Waals surface area contributed by atoms with Crippen LogP contribution >= 0.6 is 11.3 Å². The SMILES string of the molecule is CCc1nc(CCNC(=NC)NCC(C)Oc2cccc(F)c2)cs1. The first-order valence-corrected chi connectivity index (χ1v) is 9.28. The first-order chi connectivity index (χ1) is 12.1. The number of rotatable bonds is 8. The lowest BCUT2D eigenvalue weighted by atomic mass is 10.3. The minimum absolute atomic E-state index is 0.119. The topological polar surface area (TPSA) is 58.5 Å². The standard InChI is InChI=1S/C18H25FN4OS/c1-4-17-23-15(12-25-17)8-9-21-18(20-3)22-11-13(2)24-16-7-5-6-14(19)10-16/h5-7,10,12-13H,4,8-9,11H2,1-3H3,(H2,20,21,22). The van der Waals surface area contributed by atoms with Crippen LogP contribution in [0.25, 0.3) is 0 Å². The number of hydrogen-bond donors (Lipinski definition) is 2. The van der Waals surface area contributed by atoms with E-state index in [2.05, 4.69) is 32.9 Å². The highest BCUT2D eigenvalue weighted by atomic mass is 32.1. The van der Waals surface area contributed by atoms with E-state index in [4.69, 9.17) is 4.74 Å². The Bertz CT molecular complexity index is 689. The Morgan fingerprint density at radius 2 is 2.24 bits per heavy atom. The van der Waals surface area contributed by atoms with Gasteiger partial charge in [0.1, 0.15) is 17.7 Å². The number of nitrogens with zero attached hydrogens (tertiary/aromatic N) is 2. The second-order valence-electron chi connectivity index (χ2n) is 5.60. The van der Waals surface area contributed by atoms with Crippen LogP contribution in [0.15, 0.2) is 34.6 Å². The molecule has 2 aromatic rings. The fraction of sp³-hybridized carbons (Fsp3) is 0.444. The average molecular weight is 364 g/mol. The molecule has 0 aliphatic rings. The zero-order valence-corrected chi connectivity index (χ0v) is 15.7. The molecule has 1 atom stereocenters. The third-order valence-corrected chi connectivity index (χ3v) is 4.53. The van der Waals surface area contributed by atoms with Crippen LogP contribution in [0.5, 0.6) is 5.75 Å². The number of nitrogens with one attached hydrogen (secondary N) is 2. The fourth-order valence-corrected chi connectivity index (χ4v) is 2.99. The van der Waals surface area contributed by atoms with Crippen molar-refractivity contribution in [3.63, 3.8) is 0 Å². The van der Waals surface area contributed by atoms with Gasteiger partial charge in [0.05, 0.1) is 17.2 Å². The van der Waals surface area contributed by atoms with Crippen molar-refractivity contribution in [1.29, 1.82) is 0 Å².